The topological polar surface area (TPSA) is 83.5 Å². The Labute approximate surface area is 152 Å². The van der Waals surface area contributed by atoms with Crippen LogP contribution in [0.5, 0.6) is 0 Å². The van der Waals surface area contributed by atoms with E-state index in [-0.39, 0.29) is 10.6 Å². The first kappa shape index (κ1) is 19.6. The van der Waals surface area contributed by atoms with Crippen LogP contribution in [0, 0.1) is 6.92 Å². The molecule has 2 rings (SSSR count). The number of hydrogen-bond donors (Lipinski definition) is 2. The average molecular weight is 382 g/mol. The number of carboxylic acids is 1. The second-order valence-corrected chi connectivity index (χ2v) is 9.14. The Bertz CT molecular complexity index is 810. The molecule has 0 aliphatic heterocycles. The van der Waals surface area contributed by atoms with Crippen molar-refractivity contribution in [2.24, 2.45) is 0 Å². The molecular formula is C18H23NO4S2. The third kappa shape index (κ3) is 5.95. The van der Waals surface area contributed by atoms with Gasteiger partial charge in [0.2, 0.25) is 10.0 Å². The van der Waals surface area contributed by atoms with Crippen LogP contribution in [0.25, 0.3) is 0 Å². The van der Waals surface area contributed by atoms with E-state index in [0.717, 1.165) is 17.7 Å². The highest BCUT2D eigenvalue weighted by atomic mass is 32.2. The molecule has 0 amide bonds. The number of aliphatic carboxylic acids is 1. The molecule has 136 valence electrons. The quantitative estimate of drug-likeness (QED) is 0.697. The lowest BCUT2D eigenvalue weighted by molar-refractivity contribution is -0.137. The number of carbonyl (C=O) groups is 1. The van der Waals surface area contributed by atoms with Crippen LogP contribution in [-0.2, 0) is 27.7 Å². The van der Waals surface area contributed by atoms with E-state index in [4.69, 9.17) is 5.11 Å². The number of carboxylic acid groups (broad SMARTS) is 1. The summed E-state index contributed by atoms with van der Waals surface area (Å²) >= 11 is 1.24. The van der Waals surface area contributed by atoms with Crippen molar-refractivity contribution in [1.82, 2.24) is 4.72 Å². The Morgan fingerprint density at radius 1 is 1.16 bits per heavy atom. The van der Waals surface area contributed by atoms with Crippen molar-refractivity contribution >= 4 is 27.3 Å². The van der Waals surface area contributed by atoms with Gasteiger partial charge in [0.1, 0.15) is 4.21 Å². The first-order chi connectivity index (χ1) is 11.8. The van der Waals surface area contributed by atoms with Gasteiger partial charge in [0, 0.05) is 10.9 Å². The Balaban J connectivity index is 2.01. The lowest BCUT2D eigenvalue weighted by Crippen LogP contribution is -2.35. The molecule has 2 N–H and O–H groups in total. The number of hydrogen-bond acceptors (Lipinski definition) is 4. The number of thiophene rings is 1. The van der Waals surface area contributed by atoms with Crippen LogP contribution in [0.2, 0.25) is 0 Å². The molecule has 5 nitrogen and oxygen atoms in total. The van der Waals surface area contributed by atoms with Crippen molar-refractivity contribution in [3.05, 3.63) is 52.4 Å². The summed E-state index contributed by atoms with van der Waals surface area (Å²) in [5, 5.41) is 8.85. The summed E-state index contributed by atoms with van der Waals surface area (Å²) in [4.78, 5) is 11.8. The zero-order valence-electron chi connectivity index (χ0n) is 14.4. The maximum atomic E-state index is 12.4. The molecule has 0 fully saturated rings. The van der Waals surface area contributed by atoms with E-state index in [9.17, 15) is 13.2 Å². The van der Waals surface area contributed by atoms with Crippen molar-refractivity contribution < 1.29 is 18.3 Å². The van der Waals surface area contributed by atoms with E-state index in [1.807, 2.05) is 13.0 Å². The van der Waals surface area contributed by atoms with E-state index in [2.05, 4.69) is 29.0 Å². The minimum absolute atomic E-state index is 0.221. The fourth-order valence-corrected chi connectivity index (χ4v) is 5.11. The SMILES string of the molecule is CC[C@@H](CC(=O)O)NS(=O)(=O)c1ccc(CCc2ccc(C)cc2)s1. The predicted molar refractivity (Wildman–Crippen MR) is 99.6 cm³/mol. The van der Waals surface area contributed by atoms with Gasteiger partial charge in [0.05, 0.1) is 6.42 Å². The van der Waals surface area contributed by atoms with Crippen LogP contribution in [0.3, 0.4) is 0 Å². The van der Waals surface area contributed by atoms with E-state index < -0.39 is 22.0 Å². The summed E-state index contributed by atoms with van der Waals surface area (Å²) in [6.07, 6.45) is 1.83. The standard InChI is InChI=1S/C18H23NO4S2/c1-3-15(12-17(20)21)19-25(22,23)18-11-10-16(24-18)9-8-14-6-4-13(2)5-7-14/h4-7,10-11,15,19H,3,8-9,12H2,1-2H3,(H,20,21)/t15-/m0/s1. The molecule has 1 aromatic carbocycles. The Kier molecular flexibility index (Phi) is 6.75. The maximum absolute atomic E-state index is 12.4. The molecule has 0 saturated carbocycles. The summed E-state index contributed by atoms with van der Waals surface area (Å²) in [6.45, 7) is 3.80. The highest BCUT2D eigenvalue weighted by molar-refractivity contribution is 7.91. The highest BCUT2D eigenvalue weighted by Crippen LogP contribution is 2.23. The number of rotatable bonds is 9. The van der Waals surface area contributed by atoms with E-state index in [1.165, 1.54) is 22.5 Å². The first-order valence-corrected chi connectivity index (χ1v) is 10.5. The molecule has 0 aliphatic carbocycles. The molecule has 7 heteroatoms. The summed E-state index contributed by atoms with van der Waals surface area (Å²) in [6, 6.07) is 11.1. The van der Waals surface area contributed by atoms with Crippen LogP contribution < -0.4 is 4.72 Å². The fourth-order valence-electron chi connectivity index (χ4n) is 2.42. The largest absolute Gasteiger partial charge is 0.481 e. The van der Waals surface area contributed by atoms with Gasteiger partial charge in [-0.25, -0.2) is 13.1 Å². The van der Waals surface area contributed by atoms with Crippen molar-refractivity contribution in [2.75, 3.05) is 0 Å². The minimum atomic E-state index is -3.68. The summed E-state index contributed by atoms with van der Waals surface area (Å²) < 4.78 is 27.5. The van der Waals surface area contributed by atoms with Gasteiger partial charge >= 0.3 is 5.97 Å². The molecule has 0 bridgehead atoms. The van der Waals surface area contributed by atoms with E-state index in [0.29, 0.717) is 6.42 Å². The fraction of sp³-hybridized carbons (Fsp3) is 0.389. The lowest BCUT2D eigenvalue weighted by atomic mass is 10.1. The van der Waals surface area contributed by atoms with Crippen molar-refractivity contribution in [1.29, 1.82) is 0 Å². The minimum Gasteiger partial charge on any atom is -0.481 e. The van der Waals surface area contributed by atoms with E-state index >= 15 is 0 Å². The molecular weight excluding hydrogens is 358 g/mol. The van der Waals surface area contributed by atoms with Crippen molar-refractivity contribution in [2.45, 2.75) is 49.8 Å². The molecule has 1 atom stereocenters. The van der Waals surface area contributed by atoms with Gasteiger partial charge < -0.3 is 5.11 Å². The third-order valence-corrected chi connectivity index (χ3v) is 7.08. The van der Waals surface area contributed by atoms with Gasteiger partial charge in [-0.1, -0.05) is 36.8 Å². The number of sulfonamides is 1. The zero-order valence-corrected chi connectivity index (χ0v) is 16.0. The summed E-state index contributed by atoms with van der Waals surface area (Å²) in [7, 11) is -3.68. The third-order valence-electron chi connectivity index (χ3n) is 3.92. The van der Waals surface area contributed by atoms with Gasteiger partial charge in [-0.2, -0.15) is 0 Å². The number of benzene rings is 1. The molecule has 2 aromatic rings. The Morgan fingerprint density at radius 3 is 2.44 bits per heavy atom. The molecule has 1 heterocycles. The summed E-state index contributed by atoms with van der Waals surface area (Å²) in [5.74, 6) is -1.01. The van der Waals surface area contributed by atoms with Gasteiger partial charge in [0.25, 0.3) is 0 Å². The second kappa shape index (κ2) is 8.60. The highest BCUT2D eigenvalue weighted by Gasteiger charge is 2.22. The van der Waals surface area contributed by atoms with Gasteiger partial charge in [0.15, 0.2) is 0 Å². The van der Waals surface area contributed by atoms with Crippen molar-refractivity contribution in [3.8, 4) is 0 Å². The molecule has 0 saturated heterocycles. The van der Waals surface area contributed by atoms with Gasteiger partial charge in [-0.05, 0) is 43.9 Å². The molecule has 0 aliphatic rings. The van der Waals surface area contributed by atoms with Crippen LogP contribution in [0.15, 0.2) is 40.6 Å². The Hall–Kier alpha value is -1.70. The van der Waals surface area contributed by atoms with Crippen LogP contribution in [0.1, 0.15) is 35.8 Å². The molecule has 0 unspecified atom stereocenters. The Morgan fingerprint density at radius 2 is 1.84 bits per heavy atom. The lowest BCUT2D eigenvalue weighted by Gasteiger charge is -2.13. The maximum Gasteiger partial charge on any atom is 0.304 e. The molecule has 0 spiro atoms. The average Bonchev–Trinajstić information content (AvgIpc) is 3.03. The zero-order chi connectivity index (χ0) is 18.4. The normalized spacial score (nSPS) is 12.9. The number of aryl methyl sites for hydroxylation is 3. The van der Waals surface area contributed by atoms with E-state index in [1.54, 1.807) is 13.0 Å². The predicted octanol–water partition coefficient (Wildman–Crippen LogP) is 3.37. The molecule has 0 radical (unpaired) electrons. The van der Waals surface area contributed by atoms with Gasteiger partial charge in [-0.3, -0.25) is 4.79 Å². The van der Waals surface area contributed by atoms with Crippen molar-refractivity contribution in [3.63, 3.8) is 0 Å². The van der Waals surface area contributed by atoms with Crippen LogP contribution in [-0.4, -0.2) is 25.5 Å². The number of nitrogens with one attached hydrogen (secondary N) is 1. The summed E-state index contributed by atoms with van der Waals surface area (Å²) in [5.41, 5.74) is 2.43. The second-order valence-electron chi connectivity index (χ2n) is 6.03. The monoisotopic (exact) mass is 381 g/mol. The van der Waals surface area contributed by atoms with Crippen LogP contribution >= 0.6 is 11.3 Å². The van der Waals surface area contributed by atoms with Gasteiger partial charge in [-0.15, -0.1) is 11.3 Å². The molecule has 25 heavy (non-hydrogen) atoms. The smallest absolute Gasteiger partial charge is 0.304 e. The first-order valence-electron chi connectivity index (χ1n) is 8.18. The molecule has 1 aromatic heterocycles. The van der Waals surface area contributed by atoms with Crippen LogP contribution in [0.4, 0.5) is 0 Å².